The van der Waals surface area contributed by atoms with E-state index in [1.165, 1.54) is 0 Å². The van der Waals surface area contributed by atoms with Crippen molar-refractivity contribution in [1.82, 2.24) is 20.4 Å². The molecular formula is C18H18F2N4O4. The lowest BCUT2D eigenvalue weighted by atomic mass is 9.89. The van der Waals surface area contributed by atoms with Gasteiger partial charge in [-0.3, -0.25) is 4.79 Å². The normalized spacial score (nSPS) is 21.8. The van der Waals surface area contributed by atoms with Crippen molar-refractivity contribution in [3.8, 4) is 11.5 Å². The minimum Gasteiger partial charge on any atom is -0.465 e. The van der Waals surface area contributed by atoms with Gasteiger partial charge >= 0.3 is 12.5 Å². The van der Waals surface area contributed by atoms with Crippen LogP contribution in [0.1, 0.15) is 53.9 Å². The maximum absolute atomic E-state index is 13.0. The summed E-state index contributed by atoms with van der Waals surface area (Å²) in [6.07, 6.45) is -0.733. The molecule has 1 aliphatic carbocycles. The highest BCUT2D eigenvalue weighted by Crippen LogP contribution is 2.33. The molecule has 0 spiro atoms. The number of hydrogen-bond acceptors (Lipinski definition) is 5. The Kier molecular flexibility index (Phi) is 4.70. The Balaban J connectivity index is 1.58. The Morgan fingerprint density at radius 2 is 2.07 bits per heavy atom. The van der Waals surface area contributed by atoms with Gasteiger partial charge in [-0.05, 0) is 30.5 Å². The average Bonchev–Trinajstić information content (AvgIpc) is 3.27. The van der Waals surface area contributed by atoms with E-state index in [4.69, 9.17) is 9.52 Å². The van der Waals surface area contributed by atoms with E-state index in [0.717, 1.165) is 24.8 Å². The monoisotopic (exact) mass is 392 g/mol. The Bertz CT molecular complexity index is 917. The van der Waals surface area contributed by atoms with Crippen LogP contribution >= 0.6 is 0 Å². The molecule has 148 valence electrons. The molecule has 1 aromatic carbocycles. The molecule has 0 bridgehead atoms. The molecule has 28 heavy (non-hydrogen) atoms. The van der Waals surface area contributed by atoms with Gasteiger partial charge in [-0.1, -0.05) is 18.9 Å². The number of benzene rings is 1. The number of nitrogens with zero attached hydrogens (tertiary/aromatic N) is 3. The van der Waals surface area contributed by atoms with Crippen molar-refractivity contribution < 1.29 is 27.9 Å². The third-order valence-electron chi connectivity index (χ3n) is 5.25. The number of carbonyl (C=O) groups is 2. The van der Waals surface area contributed by atoms with Crippen LogP contribution in [0.5, 0.6) is 0 Å². The molecule has 2 heterocycles. The summed E-state index contributed by atoms with van der Waals surface area (Å²) in [6.45, 7) is 0.378. The van der Waals surface area contributed by atoms with Crippen LogP contribution in [0, 0.1) is 0 Å². The van der Waals surface area contributed by atoms with Crippen LogP contribution in [0.4, 0.5) is 13.6 Å². The third-order valence-corrected chi connectivity index (χ3v) is 5.25. The summed E-state index contributed by atoms with van der Waals surface area (Å²) in [5, 5.41) is 18.5. The highest BCUT2D eigenvalue weighted by molar-refractivity contribution is 5.99. The summed E-state index contributed by atoms with van der Waals surface area (Å²) in [5.41, 5.74) is 1.62. The molecule has 2 aromatic rings. The van der Waals surface area contributed by atoms with Crippen molar-refractivity contribution in [1.29, 1.82) is 0 Å². The molecule has 2 atom stereocenters. The number of nitrogens with one attached hydrogen (secondary N) is 1. The minimum atomic E-state index is -2.86. The maximum atomic E-state index is 13.0. The summed E-state index contributed by atoms with van der Waals surface area (Å²) in [7, 11) is 0. The first kappa shape index (κ1) is 18.3. The molecule has 2 amide bonds. The van der Waals surface area contributed by atoms with Gasteiger partial charge in [-0.15, -0.1) is 10.2 Å². The summed E-state index contributed by atoms with van der Waals surface area (Å²) in [6, 6.07) is 4.41. The van der Waals surface area contributed by atoms with Gasteiger partial charge in [0, 0.05) is 17.7 Å². The van der Waals surface area contributed by atoms with Gasteiger partial charge in [-0.25, -0.2) is 4.79 Å². The molecule has 10 heteroatoms. The second-order valence-electron chi connectivity index (χ2n) is 6.96. The summed E-state index contributed by atoms with van der Waals surface area (Å²) < 4.78 is 30.3. The van der Waals surface area contributed by atoms with Gasteiger partial charge in [0.05, 0.1) is 12.1 Å². The summed E-state index contributed by atoms with van der Waals surface area (Å²) in [5.74, 6) is -1.06. The number of hydrogen-bond donors (Lipinski definition) is 2. The number of rotatable bonds is 4. The van der Waals surface area contributed by atoms with Crippen LogP contribution in [0.15, 0.2) is 22.6 Å². The van der Waals surface area contributed by atoms with E-state index in [9.17, 15) is 18.4 Å². The maximum Gasteiger partial charge on any atom is 0.404 e. The lowest BCUT2D eigenvalue weighted by Gasteiger charge is -2.37. The fourth-order valence-corrected chi connectivity index (χ4v) is 3.98. The standard InChI is InChI=1S/C18H18F2N4O4/c19-14(20)16-23-22-15(28-16)9-5-6-10-8-24(17(25)11(10)7-9)13-4-2-1-3-12(13)21-18(26)27/h5-7,12-14,21H,1-4,8H2,(H,26,27)/t12-,13-/m1/s1. The van der Waals surface area contributed by atoms with E-state index in [0.29, 0.717) is 24.1 Å². The highest BCUT2D eigenvalue weighted by Gasteiger charge is 2.38. The zero-order chi connectivity index (χ0) is 19.8. The van der Waals surface area contributed by atoms with E-state index >= 15 is 0 Å². The summed E-state index contributed by atoms with van der Waals surface area (Å²) >= 11 is 0. The third kappa shape index (κ3) is 3.30. The molecule has 0 unspecified atom stereocenters. The second-order valence-corrected chi connectivity index (χ2v) is 6.96. The van der Waals surface area contributed by atoms with Crippen LogP contribution in [0.25, 0.3) is 11.5 Å². The Morgan fingerprint density at radius 1 is 1.29 bits per heavy atom. The van der Waals surface area contributed by atoms with Gasteiger partial charge in [0.1, 0.15) is 0 Å². The first-order valence-corrected chi connectivity index (χ1v) is 8.99. The molecule has 1 aromatic heterocycles. The second kappa shape index (κ2) is 7.17. The quantitative estimate of drug-likeness (QED) is 0.827. The first-order valence-electron chi connectivity index (χ1n) is 8.99. The number of fused-ring (bicyclic) bond motifs is 1. The van der Waals surface area contributed by atoms with Crippen LogP contribution in [0.2, 0.25) is 0 Å². The predicted molar refractivity (Wildman–Crippen MR) is 91.8 cm³/mol. The number of aromatic nitrogens is 2. The van der Waals surface area contributed by atoms with E-state index in [1.807, 2.05) is 0 Å². The lowest BCUT2D eigenvalue weighted by molar-refractivity contribution is 0.0601. The fraction of sp³-hybridized carbons (Fsp3) is 0.444. The molecule has 0 radical (unpaired) electrons. The molecule has 1 aliphatic heterocycles. The molecule has 0 saturated heterocycles. The van der Waals surface area contributed by atoms with Gasteiger partial charge in [0.25, 0.3) is 11.8 Å². The van der Waals surface area contributed by atoms with Gasteiger partial charge in [-0.2, -0.15) is 8.78 Å². The smallest absolute Gasteiger partial charge is 0.404 e. The lowest BCUT2D eigenvalue weighted by Crippen LogP contribution is -2.53. The largest absolute Gasteiger partial charge is 0.465 e. The highest BCUT2D eigenvalue weighted by atomic mass is 19.3. The Hall–Kier alpha value is -3.04. The van der Waals surface area contributed by atoms with Gasteiger partial charge in [0.2, 0.25) is 5.89 Å². The van der Waals surface area contributed by atoms with Crippen molar-refractivity contribution in [2.45, 2.75) is 50.7 Å². The molecule has 4 rings (SSSR count). The number of carboxylic acid groups (broad SMARTS) is 1. The predicted octanol–water partition coefficient (Wildman–Crippen LogP) is 3.21. The topological polar surface area (TPSA) is 109 Å². The number of carbonyl (C=O) groups excluding carboxylic acids is 1. The number of alkyl halides is 2. The van der Waals surface area contributed by atoms with Crippen LogP contribution < -0.4 is 5.32 Å². The van der Waals surface area contributed by atoms with E-state index in [2.05, 4.69) is 15.5 Å². The fourth-order valence-electron chi connectivity index (χ4n) is 3.98. The molecule has 2 aliphatic rings. The number of amides is 2. The van der Waals surface area contributed by atoms with Gasteiger partial charge in [0.15, 0.2) is 0 Å². The molecule has 1 saturated carbocycles. The van der Waals surface area contributed by atoms with Gasteiger partial charge < -0.3 is 19.7 Å². The Morgan fingerprint density at radius 3 is 2.79 bits per heavy atom. The van der Waals surface area contributed by atoms with Crippen LogP contribution in [-0.4, -0.2) is 44.3 Å². The summed E-state index contributed by atoms with van der Waals surface area (Å²) in [4.78, 5) is 25.8. The van der Waals surface area contributed by atoms with Crippen molar-refractivity contribution in [2.24, 2.45) is 0 Å². The Labute approximate surface area is 158 Å². The molecular weight excluding hydrogens is 374 g/mol. The SMILES string of the molecule is O=C(O)N[C@@H]1CCCC[C@H]1N1Cc2ccc(-c3nnc(C(F)F)o3)cc2C1=O. The first-order chi connectivity index (χ1) is 13.4. The number of halogens is 2. The molecule has 2 N–H and O–H groups in total. The van der Waals surface area contributed by atoms with Crippen molar-refractivity contribution in [2.75, 3.05) is 0 Å². The van der Waals surface area contributed by atoms with Crippen LogP contribution in [-0.2, 0) is 6.54 Å². The van der Waals surface area contributed by atoms with Crippen molar-refractivity contribution >= 4 is 12.0 Å². The van der Waals surface area contributed by atoms with E-state index in [-0.39, 0.29) is 23.9 Å². The van der Waals surface area contributed by atoms with E-state index in [1.54, 1.807) is 23.1 Å². The molecule has 1 fully saturated rings. The average molecular weight is 392 g/mol. The van der Waals surface area contributed by atoms with Crippen LogP contribution in [0.3, 0.4) is 0 Å². The van der Waals surface area contributed by atoms with Crippen molar-refractivity contribution in [3.63, 3.8) is 0 Å². The minimum absolute atomic E-state index is 0.0764. The van der Waals surface area contributed by atoms with E-state index < -0.39 is 18.4 Å². The molecule has 8 nitrogen and oxygen atoms in total. The zero-order valence-corrected chi connectivity index (χ0v) is 14.8. The van der Waals surface area contributed by atoms with Crippen molar-refractivity contribution in [3.05, 3.63) is 35.2 Å². The zero-order valence-electron chi connectivity index (χ0n) is 14.8.